The number of rotatable bonds is 3. The fourth-order valence-electron chi connectivity index (χ4n) is 2.67. The van der Waals surface area contributed by atoms with Gasteiger partial charge in [0.2, 0.25) is 0 Å². The maximum absolute atomic E-state index is 5.85. The molecule has 1 aromatic carbocycles. The number of hydrogen-bond acceptors (Lipinski definition) is 3. The molecule has 1 saturated heterocycles. The molecular weight excluding hydrogens is 222 g/mol. The number of piperazine rings is 1. The number of hydrogen-bond donors (Lipinski definition) is 1. The number of nitrogens with zero attached hydrogens (tertiary/aromatic N) is 2. The quantitative estimate of drug-likeness (QED) is 0.877. The molecule has 18 heavy (non-hydrogen) atoms. The highest BCUT2D eigenvalue weighted by Gasteiger charge is 2.28. The Morgan fingerprint density at radius 3 is 2.50 bits per heavy atom. The van der Waals surface area contributed by atoms with Crippen molar-refractivity contribution in [2.24, 2.45) is 5.73 Å². The van der Waals surface area contributed by atoms with Gasteiger partial charge >= 0.3 is 0 Å². The zero-order chi connectivity index (χ0) is 13.1. The first-order valence-electron chi connectivity index (χ1n) is 6.80. The highest BCUT2D eigenvalue weighted by atomic mass is 15.3. The van der Waals surface area contributed by atoms with Gasteiger partial charge in [0.25, 0.3) is 0 Å². The van der Waals surface area contributed by atoms with Gasteiger partial charge in [0.1, 0.15) is 0 Å². The zero-order valence-electron chi connectivity index (χ0n) is 11.8. The van der Waals surface area contributed by atoms with Crippen LogP contribution in [0.25, 0.3) is 0 Å². The summed E-state index contributed by atoms with van der Waals surface area (Å²) < 4.78 is 0. The summed E-state index contributed by atoms with van der Waals surface area (Å²) in [5.41, 5.74) is 8.57. The minimum atomic E-state index is 0.492. The van der Waals surface area contributed by atoms with E-state index >= 15 is 0 Å². The summed E-state index contributed by atoms with van der Waals surface area (Å²) in [4.78, 5) is 4.93. The first-order chi connectivity index (χ1) is 8.60. The first-order valence-corrected chi connectivity index (χ1v) is 6.80. The predicted molar refractivity (Wildman–Crippen MR) is 76.5 cm³/mol. The summed E-state index contributed by atoms with van der Waals surface area (Å²) in [6.45, 7) is 8.39. The van der Waals surface area contributed by atoms with Crippen molar-refractivity contribution < 1.29 is 0 Å². The first kappa shape index (κ1) is 13.5. The third-order valence-electron chi connectivity index (χ3n) is 4.02. The van der Waals surface area contributed by atoms with Crippen LogP contribution in [-0.2, 0) is 6.54 Å². The molecule has 0 aliphatic carbocycles. The summed E-state index contributed by atoms with van der Waals surface area (Å²) in [6.07, 6.45) is 0. The molecule has 0 amide bonds. The molecule has 3 heteroatoms. The summed E-state index contributed by atoms with van der Waals surface area (Å²) in [5, 5.41) is 0. The molecule has 2 unspecified atom stereocenters. The largest absolute Gasteiger partial charge is 0.329 e. The van der Waals surface area contributed by atoms with Crippen LogP contribution < -0.4 is 5.73 Å². The van der Waals surface area contributed by atoms with Crippen LogP contribution in [0.3, 0.4) is 0 Å². The van der Waals surface area contributed by atoms with Crippen LogP contribution in [0.4, 0.5) is 0 Å². The van der Waals surface area contributed by atoms with Crippen molar-refractivity contribution in [1.29, 1.82) is 0 Å². The molecule has 100 valence electrons. The van der Waals surface area contributed by atoms with E-state index in [9.17, 15) is 0 Å². The number of nitrogens with two attached hydrogens (primary N) is 1. The Hall–Kier alpha value is -0.900. The Labute approximate surface area is 111 Å². The zero-order valence-corrected chi connectivity index (χ0v) is 11.8. The molecule has 2 rings (SSSR count). The fourth-order valence-corrected chi connectivity index (χ4v) is 2.67. The van der Waals surface area contributed by atoms with Gasteiger partial charge in [-0.25, -0.2) is 0 Å². The van der Waals surface area contributed by atoms with E-state index in [0.29, 0.717) is 12.1 Å². The summed E-state index contributed by atoms with van der Waals surface area (Å²) >= 11 is 0. The fraction of sp³-hybridized carbons (Fsp3) is 0.600. The smallest absolute Gasteiger partial charge is 0.0343 e. The highest BCUT2D eigenvalue weighted by Crippen LogP contribution is 2.16. The van der Waals surface area contributed by atoms with Crippen molar-refractivity contribution >= 4 is 0 Å². The Bertz CT molecular complexity index is 374. The number of likely N-dealkylation sites (N-methyl/N-ethyl adjacent to an activating group) is 1. The van der Waals surface area contributed by atoms with Gasteiger partial charge in [-0.1, -0.05) is 29.8 Å². The van der Waals surface area contributed by atoms with Gasteiger partial charge in [-0.3, -0.25) is 9.80 Å². The lowest BCUT2D eigenvalue weighted by Crippen LogP contribution is -2.57. The molecule has 1 aliphatic heterocycles. The van der Waals surface area contributed by atoms with E-state index in [1.807, 2.05) is 0 Å². The average molecular weight is 247 g/mol. The molecule has 1 aliphatic rings. The number of benzene rings is 1. The molecule has 1 heterocycles. The molecule has 1 fully saturated rings. The third kappa shape index (κ3) is 3.10. The monoisotopic (exact) mass is 247 g/mol. The molecular formula is C15H25N3. The van der Waals surface area contributed by atoms with Gasteiger partial charge in [-0.15, -0.1) is 0 Å². The van der Waals surface area contributed by atoms with Gasteiger partial charge < -0.3 is 5.73 Å². The minimum Gasteiger partial charge on any atom is -0.329 e. The van der Waals surface area contributed by atoms with Crippen LogP contribution in [0.15, 0.2) is 24.3 Å². The lowest BCUT2D eigenvalue weighted by atomic mass is 10.1. The average Bonchev–Trinajstić information content (AvgIpc) is 2.35. The normalized spacial score (nSPS) is 26.4. The van der Waals surface area contributed by atoms with E-state index in [2.05, 4.69) is 55.0 Å². The maximum atomic E-state index is 5.85. The Morgan fingerprint density at radius 2 is 1.89 bits per heavy atom. The van der Waals surface area contributed by atoms with Crippen molar-refractivity contribution in [3.8, 4) is 0 Å². The third-order valence-corrected chi connectivity index (χ3v) is 4.02. The van der Waals surface area contributed by atoms with Crippen molar-refractivity contribution in [3.63, 3.8) is 0 Å². The van der Waals surface area contributed by atoms with Gasteiger partial charge in [0.15, 0.2) is 0 Å². The van der Waals surface area contributed by atoms with Crippen molar-refractivity contribution in [1.82, 2.24) is 9.80 Å². The van der Waals surface area contributed by atoms with E-state index in [1.54, 1.807) is 0 Å². The van der Waals surface area contributed by atoms with E-state index in [0.717, 1.165) is 26.2 Å². The van der Waals surface area contributed by atoms with Gasteiger partial charge in [0, 0.05) is 38.3 Å². The van der Waals surface area contributed by atoms with Crippen LogP contribution in [0.2, 0.25) is 0 Å². The topological polar surface area (TPSA) is 32.5 Å². The molecule has 2 atom stereocenters. The van der Waals surface area contributed by atoms with Crippen molar-refractivity contribution in [2.75, 3.05) is 26.7 Å². The Kier molecular flexibility index (Phi) is 4.38. The summed E-state index contributed by atoms with van der Waals surface area (Å²) in [5.74, 6) is 0. The minimum absolute atomic E-state index is 0.492. The lowest BCUT2D eigenvalue weighted by molar-refractivity contribution is 0.0505. The van der Waals surface area contributed by atoms with Gasteiger partial charge in [-0.05, 0) is 26.5 Å². The van der Waals surface area contributed by atoms with Gasteiger partial charge in [0.05, 0.1) is 0 Å². The Balaban J connectivity index is 2.01. The second-order valence-corrected chi connectivity index (χ2v) is 5.59. The van der Waals surface area contributed by atoms with Crippen LogP contribution in [-0.4, -0.2) is 48.6 Å². The molecule has 0 aromatic heterocycles. The second-order valence-electron chi connectivity index (χ2n) is 5.59. The molecule has 0 spiro atoms. The molecule has 2 N–H and O–H groups in total. The molecule has 3 nitrogen and oxygen atoms in total. The number of aryl methyl sites for hydroxylation is 1. The molecule has 0 saturated carbocycles. The van der Waals surface area contributed by atoms with Crippen LogP contribution >= 0.6 is 0 Å². The Morgan fingerprint density at radius 1 is 1.22 bits per heavy atom. The van der Waals surface area contributed by atoms with Crippen LogP contribution in [0, 0.1) is 6.92 Å². The second kappa shape index (κ2) is 5.83. The lowest BCUT2D eigenvalue weighted by Gasteiger charge is -2.43. The van der Waals surface area contributed by atoms with E-state index in [1.165, 1.54) is 11.1 Å². The van der Waals surface area contributed by atoms with Crippen LogP contribution in [0.1, 0.15) is 18.1 Å². The summed E-state index contributed by atoms with van der Waals surface area (Å²) in [6, 6.07) is 9.94. The van der Waals surface area contributed by atoms with Gasteiger partial charge in [-0.2, -0.15) is 0 Å². The van der Waals surface area contributed by atoms with E-state index in [-0.39, 0.29) is 0 Å². The van der Waals surface area contributed by atoms with Crippen molar-refractivity contribution in [2.45, 2.75) is 32.5 Å². The van der Waals surface area contributed by atoms with Crippen molar-refractivity contribution in [3.05, 3.63) is 35.4 Å². The van der Waals surface area contributed by atoms with Crippen LogP contribution in [0.5, 0.6) is 0 Å². The molecule has 1 aromatic rings. The summed E-state index contributed by atoms with van der Waals surface area (Å²) in [7, 11) is 2.18. The SMILES string of the molecule is Cc1ccc(CN2CC(CN)N(C)CC2C)cc1. The standard InChI is InChI=1S/C15H25N3/c1-12-4-6-14(7-5-12)10-18-11-15(8-16)17(3)9-13(18)2/h4-7,13,15H,8-11,16H2,1-3H3. The highest BCUT2D eigenvalue weighted by molar-refractivity contribution is 5.21. The maximum Gasteiger partial charge on any atom is 0.0343 e. The molecule has 0 radical (unpaired) electrons. The van der Waals surface area contributed by atoms with E-state index in [4.69, 9.17) is 5.73 Å². The van der Waals surface area contributed by atoms with E-state index < -0.39 is 0 Å². The molecule has 0 bridgehead atoms. The predicted octanol–water partition coefficient (Wildman–Crippen LogP) is 1.46.